The van der Waals surface area contributed by atoms with Crippen molar-refractivity contribution in [2.75, 3.05) is 19.8 Å². The number of hydrogen-bond donors (Lipinski definition) is 0. The zero-order valence-corrected chi connectivity index (χ0v) is 27.0. The van der Waals surface area contributed by atoms with Crippen LogP contribution in [0.15, 0.2) is 0 Å². The van der Waals surface area contributed by atoms with E-state index in [9.17, 15) is 0 Å². The standard InChI is InChI=1S/C36H74O2/c1-4-7-9-11-13-15-17-19-21-23-25-27-29-31-33-37-35-36(6-3)38-34-32-30-28-26-24-22-20-18-16-14-12-10-8-5-2/h36H,4-35H2,1-3H3. The summed E-state index contributed by atoms with van der Waals surface area (Å²) in [6.07, 6.45) is 40.9. The Hall–Kier alpha value is -0.0800. The third-order valence-electron chi connectivity index (χ3n) is 8.25. The van der Waals surface area contributed by atoms with Crippen molar-refractivity contribution in [3.8, 4) is 0 Å². The summed E-state index contributed by atoms with van der Waals surface area (Å²) in [7, 11) is 0. The van der Waals surface area contributed by atoms with Crippen molar-refractivity contribution in [1.29, 1.82) is 0 Å². The zero-order chi connectivity index (χ0) is 27.6. The molecule has 0 rings (SSSR count). The first kappa shape index (κ1) is 37.9. The van der Waals surface area contributed by atoms with Gasteiger partial charge >= 0.3 is 0 Å². The van der Waals surface area contributed by atoms with E-state index in [0.717, 1.165) is 26.2 Å². The topological polar surface area (TPSA) is 18.5 Å². The third-order valence-corrected chi connectivity index (χ3v) is 8.25. The van der Waals surface area contributed by atoms with Gasteiger partial charge in [0.2, 0.25) is 0 Å². The van der Waals surface area contributed by atoms with Crippen LogP contribution < -0.4 is 0 Å². The maximum Gasteiger partial charge on any atom is 0.0805 e. The Morgan fingerprint density at radius 1 is 0.342 bits per heavy atom. The molecule has 2 heteroatoms. The lowest BCUT2D eigenvalue weighted by Crippen LogP contribution is -2.20. The Labute approximate surface area is 242 Å². The highest BCUT2D eigenvalue weighted by atomic mass is 16.5. The van der Waals surface area contributed by atoms with E-state index in [2.05, 4.69) is 20.8 Å². The van der Waals surface area contributed by atoms with Gasteiger partial charge in [-0.2, -0.15) is 0 Å². The Kier molecular flexibility index (Phi) is 34.9. The lowest BCUT2D eigenvalue weighted by molar-refractivity contribution is -0.0200. The Morgan fingerprint density at radius 2 is 0.632 bits per heavy atom. The van der Waals surface area contributed by atoms with Crippen LogP contribution in [0.4, 0.5) is 0 Å². The van der Waals surface area contributed by atoms with Crippen LogP contribution in [0.2, 0.25) is 0 Å². The molecule has 0 saturated carbocycles. The van der Waals surface area contributed by atoms with E-state index in [1.54, 1.807) is 0 Å². The van der Waals surface area contributed by atoms with Crippen LogP contribution in [0.25, 0.3) is 0 Å². The van der Waals surface area contributed by atoms with E-state index >= 15 is 0 Å². The molecular weight excluding hydrogens is 464 g/mol. The summed E-state index contributed by atoms with van der Waals surface area (Å²) in [5.74, 6) is 0. The van der Waals surface area contributed by atoms with E-state index in [-0.39, 0.29) is 0 Å². The Bertz CT molecular complexity index is 397. The van der Waals surface area contributed by atoms with Gasteiger partial charge in [-0.25, -0.2) is 0 Å². The monoisotopic (exact) mass is 539 g/mol. The number of unbranched alkanes of at least 4 members (excludes halogenated alkanes) is 26. The van der Waals surface area contributed by atoms with E-state index in [0.29, 0.717) is 6.10 Å². The van der Waals surface area contributed by atoms with Gasteiger partial charge in [-0.05, 0) is 19.3 Å². The normalized spacial score (nSPS) is 12.4. The maximum absolute atomic E-state index is 6.10. The van der Waals surface area contributed by atoms with Gasteiger partial charge in [0.15, 0.2) is 0 Å². The van der Waals surface area contributed by atoms with Crippen LogP contribution in [0.1, 0.15) is 207 Å². The molecule has 1 atom stereocenters. The van der Waals surface area contributed by atoms with Gasteiger partial charge in [0.05, 0.1) is 12.7 Å². The predicted octanol–water partition coefficient (Wildman–Crippen LogP) is 12.8. The summed E-state index contributed by atoms with van der Waals surface area (Å²) in [5, 5.41) is 0. The van der Waals surface area contributed by atoms with Crippen LogP contribution in [0.3, 0.4) is 0 Å². The fraction of sp³-hybridized carbons (Fsp3) is 1.00. The lowest BCUT2D eigenvalue weighted by atomic mass is 10.0. The van der Waals surface area contributed by atoms with Gasteiger partial charge in [-0.1, -0.05) is 188 Å². The van der Waals surface area contributed by atoms with Crippen molar-refractivity contribution in [1.82, 2.24) is 0 Å². The average molecular weight is 539 g/mol. The maximum atomic E-state index is 6.10. The highest BCUT2D eigenvalue weighted by molar-refractivity contribution is 4.55. The average Bonchev–Trinajstić information content (AvgIpc) is 2.93. The minimum Gasteiger partial charge on any atom is -0.379 e. The van der Waals surface area contributed by atoms with Crippen LogP contribution in [-0.2, 0) is 9.47 Å². The molecule has 0 aliphatic rings. The molecule has 0 heterocycles. The minimum atomic E-state index is 0.295. The van der Waals surface area contributed by atoms with Crippen molar-refractivity contribution in [2.45, 2.75) is 213 Å². The molecule has 38 heavy (non-hydrogen) atoms. The van der Waals surface area contributed by atoms with Gasteiger partial charge in [0.25, 0.3) is 0 Å². The first-order chi connectivity index (χ1) is 18.8. The summed E-state index contributed by atoms with van der Waals surface area (Å²) in [6, 6.07) is 0. The molecule has 0 aliphatic heterocycles. The smallest absolute Gasteiger partial charge is 0.0805 e. The molecule has 0 N–H and O–H groups in total. The molecule has 0 aliphatic carbocycles. The Morgan fingerprint density at radius 3 is 0.947 bits per heavy atom. The second kappa shape index (κ2) is 34.9. The molecular formula is C36H74O2. The van der Waals surface area contributed by atoms with E-state index < -0.39 is 0 Å². The second-order valence-electron chi connectivity index (χ2n) is 12.2. The van der Waals surface area contributed by atoms with E-state index in [1.807, 2.05) is 0 Å². The molecule has 0 aromatic carbocycles. The summed E-state index contributed by atoms with van der Waals surface area (Å²) in [4.78, 5) is 0. The molecule has 0 aromatic heterocycles. The summed E-state index contributed by atoms with van der Waals surface area (Å²) in [6.45, 7) is 9.44. The zero-order valence-electron chi connectivity index (χ0n) is 27.0. The highest BCUT2D eigenvalue weighted by Crippen LogP contribution is 2.14. The molecule has 2 nitrogen and oxygen atoms in total. The Balaban J connectivity index is 3.25. The summed E-state index contributed by atoms with van der Waals surface area (Å²) < 4.78 is 12.0. The van der Waals surface area contributed by atoms with Crippen molar-refractivity contribution < 1.29 is 9.47 Å². The first-order valence-corrected chi connectivity index (χ1v) is 18.0. The van der Waals surface area contributed by atoms with Crippen LogP contribution >= 0.6 is 0 Å². The van der Waals surface area contributed by atoms with Crippen LogP contribution in [0.5, 0.6) is 0 Å². The molecule has 0 amide bonds. The third kappa shape index (κ3) is 32.1. The summed E-state index contributed by atoms with van der Waals surface area (Å²) in [5.41, 5.74) is 0. The molecule has 0 radical (unpaired) electrons. The van der Waals surface area contributed by atoms with Crippen molar-refractivity contribution in [2.24, 2.45) is 0 Å². The first-order valence-electron chi connectivity index (χ1n) is 18.0. The van der Waals surface area contributed by atoms with E-state index in [1.165, 1.54) is 180 Å². The number of hydrogen-bond acceptors (Lipinski definition) is 2. The molecule has 0 spiro atoms. The van der Waals surface area contributed by atoms with Crippen LogP contribution in [0, 0.1) is 0 Å². The number of ether oxygens (including phenoxy) is 2. The molecule has 1 unspecified atom stereocenters. The molecule has 0 fully saturated rings. The highest BCUT2D eigenvalue weighted by Gasteiger charge is 2.06. The fourth-order valence-electron chi connectivity index (χ4n) is 5.44. The molecule has 0 aromatic rings. The fourth-order valence-corrected chi connectivity index (χ4v) is 5.44. The van der Waals surface area contributed by atoms with Crippen molar-refractivity contribution in [3.63, 3.8) is 0 Å². The van der Waals surface area contributed by atoms with Gasteiger partial charge in [0, 0.05) is 13.2 Å². The molecule has 0 bridgehead atoms. The predicted molar refractivity (Wildman–Crippen MR) is 171 cm³/mol. The van der Waals surface area contributed by atoms with Crippen molar-refractivity contribution >= 4 is 0 Å². The minimum absolute atomic E-state index is 0.295. The van der Waals surface area contributed by atoms with Crippen LogP contribution in [-0.4, -0.2) is 25.9 Å². The molecule has 230 valence electrons. The quantitative estimate of drug-likeness (QED) is 0.0758. The number of rotatable bonds is 34. The molecule has 0 saturated heterocycles. The largest absolute Gasteiger partial charge is 0.379 e. The van der Waals surface area contributed by atoms with Gasteiger partial charge < -0.3 is 9.47 Å². The van der Waals surface area contributed by atoms with E-state index in [4.69, 9.17) is 9.47 Å². The second-order valence-corrected chi connectivity index (χ2v) is 12.2. The SMILES string of the molecule is CCCCCCCCCCCCCCCCOCC(CC)OCCCCCCCCCCCCCCCC. The lowest BCUT2D eigenvalue weighted by Gasteiger charge is -2.16. The summed E-state index contributed by atoms with van der Waals surface area (Å²) >= 11 is 0. The van der Waals surface area contributed by atoms with Gasteiger partial charge in [0.1, 0.15) is 0 Å². The van der Waals surface area contributed by atoms with Gasteiger partial charge in [-0.3, -0.25) is 0 Å². The van der Waals surface area contributed by atoms with Crippen molar-refractivity contribution in [3.05, 3.63) is 0 Å². The van der Waals surface area contributed by atoms with Gasteiger partial charge in [-0.15, -0.1) is 0 Å².